The molecule has 7 heteroatoms. The Bertz CT molecular complexity index is 1590. The van der Waals surface area contributed by atoms with Crippen molar-refractivity contribution < 1.29 is 9.47 Å². The zero-order valence-corrected chi connectivity index (χ0v) is 22.3. The number of nitrogens with zero attached hydrogens (tertiary/aromatic N) is 4. The van der Waals surface area contributed by atoms with E-state index in [0.29, 0.717) is 6.54 Å². The Kier molecular flexibility index (Phi) is 4.04. The van der Waals surface area contributed by atoms with Crippen LogP contribution in [-0.2, 0) is 18.7 Å². The van der Waals surface area contributed by atoms with Gasteiger partial charge in [0.2, 0.25) is 0 Å². The molecule has 7 rings (SSSR count). The molecule has 1 saturated heterocycles. The van der Waals surface area contributed by atoms with E-state index in [1.807, 2.05) is 12.1 Å². The maximum absolute atomic E-state index is 5.74. The molecule has 3 atom stereocenters. The molecule has 0 amide bonds. The summed E-state index contributed by atoms with van der Waals surface area (Å²) >= 11 is 0. The summed E-state index contributed by atoms with van der Waals surface area (Å²) in [7, 11) is 6.41. The Morgan fingerprint density at radius 2 is 1.80 bits per heavy atom. The van der Waals surface area contributed by atoms with Gasteiger partial charge in [-0.2, -0.15) is 0 Å². The van der Waals surface area contributed by atoms with Gasteiger partial charge in [-0.25, -0.2) is 0 Å². The molecule has 3 aliphatic heterocycles. The van der Waals surface area contributed by atoms with E-state index in [1.165, 1.54) is 49.9 Å². The van der Waals surface area contributed by atoms with E-state index in [9.17, 15) is 0 Å². The lowest BCUT2D eigenvalue weighted by Gasteiger charge is -2.47. The number of hydrogen-bond donors (Lipinski definition) is 0. The lowest BCUT2D eigenvalue weighted by Crippen LogP contribution is -2.39. The predicted octanol–water partition coefficient (Wildman–Crippen LogP) is 6.63. The average Bonchev–Trinajstić information content (AvgIpc) is 3.15. The molecule has 3 aliphatic rings. The number of hydrogen-bond acceptors (Lipinski definition) is 4. The van der Waals surface area contributed by atoms with E-state index < -0.39 is 0 Å². The van der Waals surface area contributed by atoms with Crippen molar-refractivity contribution in [2.45, 2.75) is 44.7 Å². The van der Waals surface area contributed by atoms with E-state index in [1.54, 1.807) is 14.2 Å². The fourth-order valence-corrected chi connectivity index (χ4v) is 8.26. The third-order valence-electron chi connectivity index (χ3n) is 8.85. The molecule has 0 saturated carbocycles. The highest BCUT2D eigenvalue weighted by molar-refractivity contribution is 7.51. The van der Waals surface area contributed by atoms with Gasteiger partial charge in [-0.15, -0.1) is 0 Å². The summed E-state index contributed by atoms with van der Waals surface area (Å²) in [5.74, 6) is 1.67. The Balaban J connectivity index is 1.56. The minimum absolute atomic E-state index is 0.000816. The zero-order valence-electron chi connectivity index (χ0n) is 21.3. The molecule has 3 unspecified atom stereocenters. The largest absolute Gasteiger partial charge is 0.497 e. The van der Waals surface area contributed by atoms with Gasteiger partial charge in [0.15, 0.2) is 0 Å². The van der Waals surface area contributed by atoms with Crippen molar-refractivity contribution in [1.82, 2.24) is 4.57 Å². The second-order valence-electron chi connectivity index (χ2n) is 10.4. The van der Waals surface area contributed by atoms with Crippen LogP contribution in [0.4, 0.5) is 11.4 Å². The molecule has 180 valence electrons. The number of benzene rings is 3. The number of aryl methyl sites for hydroxylation is 2. The number of ether oxygens (including phenoxy) is 2. The Labute approximate surface area is 207 Å². The van der Waals surface area contributed by atoms with Gasteiger partial charge >= 0.3 is 0 Å². The van der Waals surface area contributed by atoms with Gasteiger partial charge in [0.1, 0.15) is 11.5 Å². The molecule has 1 aromatic heterocycles. The van der Waals surface area contributed by atoms with E-state index in [0.717, 1.165) is 25.6 Å². The standard InChI is InChI=1S/C28H30N4O2P/c1-15-16(2)30(5)24-22(15)19-9-8-10-20-23(19)25-26(24)31(29-32(25)28(4)27(20,3)35-28)14-17-13-18(33-6)11-12-21(17)34-7/h8-13,35H,14H2,1-7H3/q-1. The van der Waals surface area contributed by atoms with Crippen LogP contribution >= 0.6 is 8.58 Å². The van der Waals surface area contributed by atoms with Crippen LogP contribution in [0.3, 0.4) is 0 Å². The van der Waals surface area contributed by atoms with Crippen LogP contribution < -0.4 is 19.5 Å². The quantitative estimate of drug-likeness (QED) is 0.304. The first-order valence-electron chi connectivity index (χ1n) is 12.1. The van der Waals surface area contributed by atoms with Gasteiger partial charge in [-0.05, 0) is 62.4 Å². The van der Waals surface area contributed by atoms with Gasteiger partial charge in [0.05, 0.1) is 36.4 Å². The van der Waals surface area contributed by atoms with E-state index >= 15 is 0 Å². The molecule has 6 nitrogen and oxygen atoms in total. The number of aromatic nitrogens is 1. The maximum Gasteiger partial charge on any atom is 0.124 e. The Hall–Kier alpha value is -2.95. The highest BCUT2D eigenvalue weighted by atomic mass is 31.1. The highest BCUT2D eigenvalue weighted by Gasteiger charge is 2.67. The topological polar surface area (TPSA) is 44.0 Å². The first-order chi connectivity index (χ1) is 16.7. The van der Waals surface area contributed by atoms with Gasteiger partial charge in [-0.1, -0.05) is 26.8 Å². The van der Waals surface area contributed by atoms with Crippen LogP contribution in [0.1, 0.15) is 36.2 Å². The summed E-state index contributed by atoms with van der Waals surface area (Å²) in [5, 5.41) is 8.73. The van der Waals surface area contributed by atoms with E-state index in [2.05, 4.69) is 73.6 Å². The van der Waals surface area contributed by atoms with Crippen LogP contribution in [0.5, 0.6) is 11.5 Å². The first-order valence-corrected chi connectivity index (χ1v) is 13.1. The second-order valence-corrected chi connectivity index (χ2v) is 12.6. The zero-order chi connectivity index (χ0) is 24.4. The molecule has 0 radical (unpaired) electrons. The molecular weight excluding hydrogens is 455 g/mol. The van der Waals surface area contributed by atoms with Gasteiger partial charge in [0, 0.05) is 40.8 Å². The van der Waals surface area contributed by atoms with Crippen LogP contribution in [-0.4, -0.2) is 24.1 Å². The van der Waals surface area contributed by atoms with Crippen molar-refractivity contribution in [2.24, 2.45) is 7.05 Å². The third-order valence-corrected chi connectivity index (χ3v) is 11.1. The fraction of sp³-hybridized carbons (Fsp3) is 0.357. The van der Waals surface area contributed by atoms with Gasteiger partial charge in [-0.3, -0.25) is 0 Å². The van der Waals surface area contributed by atoms with Crippen LogP contribution in [0, 0.1) is 13.8 Å². The molecule has 3 aromatic carbocycles. The second kappa shape index (κ2) is 6.63. The lowest BCUT2D eigenvalue weighted by atomic mass is 9.83. The molecule has 0 aliphatic carbocycles. The highest BCUT2D eigenvalue weighted by Crippen LogP contribution is 2.82. The van der Waals surface area contributed by atoms with Crippen molar-refractivity contribution in [3.8, 4) is 11.5 Å². The molecule has 1 fully saturated rings. The molecule has 4 heterocycles. The van der Waals surface area contributed by atoms with Crippen LogP contribution in [0.2, 0.25) is 0 Å². The number of rotatable bonds is 4. The maximum atomic E-state index is 5.74. The molecular formula is C28H30N4O2P-. The van der Waals surface area contributed by atoms with Crippen molar-refractivity contribution in [3.63, 3.8) is 0 Å². The predicted molar refractivity (Wildman–Crippen MR) is 146 cm³/mol. The molecule has 35 heavy (non-hydrogen) atoms. The molecule has 4 aromatic rings. The summed E-state index contributed by atoms with van der Waals surface area (Å²) in [6.45, 7) is 9.87. The van der Waals surface area contributed by atoms with Crippen molar-refractivity contribution in [1.29, 1.82) is 0 Å². The summed E-state index contributed by atoms with van der Waals surface area (Å²) in [6, 6.07) is 12.9. The smallest absolute Gasteiger partial charge is 0.124 e. The Morgan fingerprint density at radius 1 is 1.00 bits per heavy atom. The van der Waals surface area contributed by atoms with Gasteiger partial charge in [0.25, 0.3) is 0 Å². The van der Waals surface area contributed by atoms with E-state index in [4.69, 9.17) is 15.0 Å². The molecule has 0 N–H and O–H groups in total. The van der Waals surface area contributed by atoms with Crippen molar-refractivity contribution >= 4 is 41.6 Å². The fourth-order valence-electron chi connectivity index (χ4n) is 6.50. The molecule has 0 bridgehead atoms. The van der Waals surface area contributed by atoms with Crippen LogP contribution in [0.15, 0.2) is 36.4 Å². The normalized spacial score (nSPS) is 24.5. The monoisotopic (exact) mass is 485 g/mol. The average molecular weight is 486 g/mol. The summed E-state index contributed by atoms with van der Waals surface area (Å²) in [6.07, 6.45) is 0. The Morgan fingerprint density at radius 3 is 2.54 bits per heavy atom. The number of methoxy groups -OCH3 is 2. The summed E-state index contributed by atoms with van der Waals surface area (Å²) in [4.78, 5) is 0. The minimum Gasteiger partial charge on any atom is -0.497 e. The number of fused-ring (bicyclic) bond motifs is 6. The van der Waals surface area contributed by atoms with Crippen LogP contribution in [0.25, 0.3) is 27.2 Å². The van der Waals surface area contributed by atoms with E-state index in [-0.39, 0.29) is 10.4 Å². The first kappa shape index (κ1) is 21.3. The lowest BCUT2D eigenvalue weighted by molar-refractivity contribution is 0.398. The minimum atomic E-state index is -0.000816. The molecule has 0 spiro atoms. The summed E-state index contributed by atoms with van der Waals surface area (Å²) < 4.78 is 13.6. The number of anilines is 2. The van der Waals surface area contributed by atoms with Crippen molar-refractivity contribution in [3.05, 3.63) is 64.3 Å². The third kappa shape index (κ3) is 2.37. The summed E-state index contributed by atoms with van der Waals surface area (Å²) in [5.41, 5.74) is 14.2. The SMILES string of the molecule is COc1ccc(OC)c(CN2[N-]N3c4c2c2c(c(C)c(C)n2C)c2cccc(c42)C2(C)PC32C)c1. The van der Waals surface area contributed by atoms with Gasteiger partial charge < -0.3 is 29.6 Å². The van der Waals surface area contributed by atoms with Crippen molar-refractivity contribution in [2.75, 3.05) is 24.2 Å².